The summed E-state index contributed by atoms with van der Waals surface area (Å²) in [6.07, 6.45) is 0. The summed E-state index contributed by atoms with van der Waals surface area (Å²) < 4.78 is 12.1. The van der Waals surface area contributed by atoms with Crippen LogP contribution in [0.15, 0.2) is 108 Å². The zero-order valence-electron chi connectivity index (χ0n) is 25.8. The van der Waals surface area contributed by atoms with Crippen LogP contribution in [0, 0.1) is 25.2 Å². The van der Waals surface area contributed by atoms with E-state index in [1.165, 1.54) is 11.8 Å². The van der Waals surface area contributed by atoms with Gasteiger partial charge in [-0.15, -0.1) is 0 Å². The smallest absolute Gasteiger partial charge is 0.237 e. The van der Waals surface area contributed by atoms with Crippen molar-refractivity contribution in [3.05, 3.63) is 125 Å². The van der Waals surface area contributed by atoms with Crippen LogP contribution in [0.3, 0.4) is 0 Å². The Morgan fingerprint density at radius 1 is 0.867 bits per heavy atom. The number of nitriles is 1. The lowest BCUT2D eigenvalue weighted by Gasteiger charge is -2.17. The molecule has 0 bridgehead atoms. The number of carbonyl (C=O) groups excluding carboxylic acids is 1. The average Bonchev–Trinajstić information content (AvgIpc) is 3.06. The fourth-order valence-electron chi connectivity index (χ4n) is 4.78. The van der Waals surface area contributed by atoms with Crippen LogP contribution in [0.2, 0.25) is 0 Å². The van der Waals surface area contributed by atoms with Gasteiger partial charge in [0.05, 0.1) is 23.1 Å². The van der Waals surface area contributed by atoms with E-state index in [1.807, 2.05) is 131 Å². The molecule has 4 aromatic carbocycles. The number of aromatic nitrogens is 1. The predicted molar refractivity (Wildman–Crippen MR) is 182 cm³/mol. The lowest BCUT2D eigenvalue weighted by molar-refractivity contribution is -0.115. The molecule has 0 aliphatic carbocycles. The number of nitrogens with zero attached hydrogens (tertiary/aromatic N) is 2. The maximum atomic E-state index is 13.3. The maximum Gasteiger partial charge on any atom is 0.237 e. The predicted octanol–water partition coefficient (Wildman–Crippen LogP) is 9.00. The van der Waals surface area contributed by atoms with Gasteiger partial charge in [-0.1, -0.05) is 84.6 Å². The fourth-order valence-corrected chi connectivity index (χ4v) is 5.71. The van der Waals surface area contributed by atoms with Gasteiger partial charge in [0.15, 0.2) is 11.5 Å². The molecule has 0 aliphatic rings. The lowest BCUT2D eigenvalue weighted by Crippen LogP contribution is -2.22. The van der Waals surface area contributed by atoms with E-state index in [9.17, 15) is 10.1 Å². The molecular formula is C38H35N3O3S. The Morgan fingerprint density at radius 2 is 1.60 bits per heavy atom. The van der Waals surface area contributed by atoms with Crippen LogP contribution < -0.4 is 14.8 Å². The number of hydrogen-bond donors (Lipinski definition) is 1. The molecule has 0 spiro atoms. The van der Waals surface area contributed by atoms with Crippen molar-refractivity contribution in [3.8, 4) is 40.0 Å². The molecule has 1 N–H and O–H groups in total. The second-order valence-corrected chi connectivity index (χ2v) is 12.0. The largest absolute Gasteiger partial charge is 0.490 e. The van der Waals surface area contributed by atoms with Crippen molar-refractivity contribution in [3.63, 3.8) is 0 Å². The van der Waals surface area contributed by atoms with Crippen molar-refractivity contribution in [1.29, 1.82) is 5.26 Å². The number of amides is 1. The Morgan fingerprint density at radius 3 is 2.29 bits per heavy atom. The number of hydrogen-bond acceptors (Lipinski definition) is 6. The van der Waals surface area contributed by atoms with E-state index in [0.29, 0.717) is 46.6 Å². The van der Waals surface area contributed by atoms with E-state index in [-0.39, 0.29) is 5.91 Å². The number of thioether (sulfide) groups is 1. The number of carbonyl (C=O) groups is 1. The van der Waals surface area contributed by atoms with Crippen molar-refractivity contribution >= 4 is 23.4 Å². The van der Waals surface area contributed by atoms with Crippen LogP contribution in [0.4, 0.5) is 5.69 Å². The molecule has 7 heteroatoms. The highest BCUT2D eigenvalue weighted by molar-refractivity contribution is 8.00. The topological polar surface area (TPSA) is 84.2 Å². The number of nitrogens with one attached hydrogen (secondary N) is 1. The molecule has 0 saturated heterocycles. The van der Waals surface area contributed by atoms with E-state index >= 15 is 0 Å². The zero-order chi connectivity index (χ0) is 31.8. The standard InChI is InChI=1S/C38H35N3O3S/c1-5-43-36-21-30(17-19-35(36)44-24-28-12-8-6-9-13-28)32-22-34(29-14-10-7-11-15-29)41-38(33(32)23-39)45-27(4)37(42)40-31-18-16-25(2)26(3)20-31/h6-22,27H,5,24H2,1-4H3,(H,40,42). The van der Waals surface area contributed by atoms with Gasteiger partial charge in [0.2, 0.25) is 5.91 Å². The van der Waals surface area contributed by atoms with Gasteiger partial charge in [-0.3, -0.25) is 4.79 Å². The average molecular weight is 614 g/mol. The first kappa shape index (κ1) is 31.4. The first-order chi connectivity index (χ1) is 21.9. The fraction of sp³-hybridized carbons (Fsp3) is 0.184. The molecule has 226 valence electrons. The minimum Gasteiger partial charge on any atom is -0.490 e. The van der Waals surface area contributed by atoms with Gasteiger partial charge in [0, 0.05) is 16.8 Å². The minimum absolute atomic E-state index is 0.167. The molecule has 5 rings (SSSR count). The second kappa shape index (κ2) is 14.6. The molecule has 45 heavy (non-hydrogen) atoms. The first-order valence-electron chi connectivity index (χ1n) is 14.9. The summed E-state index contributed by atoms with van der Waals surface area (Å²) in [5.74, 6) is 1.04. The molecule has 1 amide bonds. The number of rotatable bonds is 11. The Kier molecular flexibility index (Phi) is 10.2. The Hall–Kier alpha value is -5.06. The van der Waals surface area contributed by atoms with Crippen molar-refractivity contribution in [2.75, 3.05) is 11.9 Å². The Bertz CT molecular complexity index is 1840. The van der Waals surface area contributed by atoms with Gasteiger partial charge in [-0.2, -0.15) is 5.26 Å². The quantitative estimate of drug-likeness (QED) is 0.150. The van der Waals surface area contributed by atoms with Crippen molar-refractivity contribution in [2.24, 2.45) is 0 Å². The van der Waals surface area contributed by atoms with E-state index in [4.69, 9.17) is 14.5 Å². The molecule has 0 aliphatic heterocycles. The van der Waals surface area contributed by atoms with Crippen LogP contribution in [0.25, 0.3) is 22.4 Å². The van der Waals surface area contributed by atoms with Crippen molar-refractivity contribution in [2.45, 2.75) is 44.6 Å². The number of anilines is 1. The summed E-state index contributed by atoms with van der Waals surface area (Å²) >= 11 is 1.27. The third-order valence-electron chi connectivity index (χ3n) is 7.39. The molecule has 1 atom stereocenters. The third kappa shape index (κ3) is 7.72. The molecule has 0 saturated carbocycles. The molecule has 1 unspecified atom stereocenters. The van der Waals surface area contributed by atoms with Crippen molar-refractivity contribution < 1.29 is 14.3 Å². The maximum absolute atomic E-state index is 13.3. The van der Waals surface area contributed by atoms with Gasteiger partial charge >= 0.3 is 0 Å². The summed E-state index contributed by atoms with van der Waals surface area (Å²) in [4.78, 5) is 18.2. The third-order valence-corrected chi connectivity index (χ3v) is 8.48. The summed E-state index contributed by atoms with van der Waals surface area (Å²) in [5, 5.41) is 13.4. The lowest BCUT2D eigenvalue weighted by atomic mass is 9.99. The highest BCUT2D eigenvalue weighted by atomic mass is 32.2. The molecule has 0 radical (unpaired) electrons. The summed E-state index contributed by atoms with van der Waals surface area (Å²) in [5.41, 5.74) is 7.54. The zero-order valence-corrected chi connectivity index (χ0v) is 26.7. The normalized spacial score (nSPS) is 11.4. The number of pyridine rings is 1. The van der Waals surface area contributed by atoms with E-state index in [2.05, 4.69) is 11.4 Å². The van der Waals surface area contributed by atoms with Gasteiger partial charge in [0.1, 0.15) is 17.7 Å². The van der Waals surface area contributed by atoms with Gasteiger partial charge in [0.25, 0.3) is 0 Å². The van der Waals surface area contributed by atoms with E-state index in [0.717, 1.165) is 33.5 Å². The van der Waals surface area contributed by atoms with E-state index in [1.54, 1.807) is 0 Å². The van der Waals surface area contributed by atoms with Crippen molar-refractivity contribution in [1.82, 2.24) is 4.98 Å². The van der Waals surface area contributed by atoms with Gasteiger partial charge in [-0.25, -0.2) is 4.98 Å². The molecule has 1 aromatic heterocycles. The molecule has 0 fully saturated rings. The van der Waals surface area contributed by atoms with Crippen LogP contribution in [0.5, 0.6) is 11.5 Å². The van der Waals surface area contributed by atoms with Gasteiger partial charge < -0.3 is 14.8 Å². The van der Waals surface area contributed by atoms with Crippen LogP contribution >= 0.6 is 11.8 Å². The molecule has 6 nitrogen and oxygen atoms in total. The monoisotopic (exact) mass is 613 g/mol. The molecule has 1 heterocycles. The minimum atomic E-state index is -0.516. The summed E-state index contributed by atoms with van der Waals surface area (Å²) in [6.45, 7) is 8.66. The van der Waals surface area contributed by atoms with Gasteiger partial charge in [-0.05, 0) is 80.3 Å². The Labute approximate surface area is 269 Å². The van der Waals surface area contributed by atoms with Crippen LogP contribution in [-0.4, -0.2) is 22.7 Å². The highest BCUT2D eigenvalue weighted by Gasteiger charge is 2.22. The van der Waals surface area contributed by atoms with Crippen LogP contribution in [0.1, 0.15) is 36.1 Å². The summed E-state index contributed by atoms with van der Waals surface area (Å²) in [6, 6.07) is 35.6. The molecular weight excluding hydrogens is 579 g/mol. The summed E-state index contributed by atoms with van der Waals surface area (Å²) in [7, 11) is 0. The first-order valence-corrected chi connectivity index (χ1v) is 15.7. The van der Waals surface area contributed by atoms with E-state index < -0.39 is 5.25 Å². The Balaban J connectivity index is 1.51. The van der Waals surface area contributed by atoms with Crippen LogP contribution in [-0.2, 0) is 11.4 Å². The second-order valence-electron chi connectivity index (χ2n) is 10.6. The molecule has 5 aromatic rings. The number of aryl methyl sites for hydroxylation is 2. The SMILES string of the molecule is CCOc1cc(-c2cc(-c3ccccc3)nc(SC(C)C(=O)Nc3ccc(C)c(C)c3)c2C#N)ccc1OCc1ccccc1. The number of benzene rings is 4. The number of ether oxygens (including phenoxy) is 2. The highest BCUT2D eigenvalue weighted by Crippen LogP contribution is 2.39.